The lowest BCUT2D eigenvalue weighted by Gasteiger charge is -2.13. The zero-order valence-corrected chi connectivity index (χ0v) is 12.7. The minimum absolute atomic E-state index is 0. The normalized spacial score (nSPS) is 13.2. The van der Waals surface area contributed by atoms with Crippen molar-refractivity contribution in [3.05, 3.63) is 45.6 Å². The Morgan fingerprint density at radius 3 is 2.75 bits per heavy atom. The van der Waals surface area contributed by atoms with Gasteiger partial charge in [0.2, 0.25) is 0 Å². The molecule has 0 atom stereocenters. The molecule has 0 spiro atoms. The van der Waals surface area contributed by atoms with Crippen LogP contribution in [-0.2, 0) is 12.8 Å². The molecule has 3 nitrogen and oxygen atoms in total. The summed E-state index contributed by atoms with van der Waals surface area (Å²) in [6.45, 7) is 0. The summed E-state index contributed by atoms with van der Waals surface area (Å²) in [7, 11) is 0. The van der Waals surface area contributed by atoms with Crippen LogP contribution in [0.5, 0.6) is 0 Å². The molecule has 0 aliphatic heterocycles. The van der Waals surface area contributed by atoms with Gasteiger partial charge >= 0.3 is 0 Å². The van der Waals surface area contributed by atoms with Crippen molar-refractivity contribution in [2.24, 2.45) is 0 Å². The van der Waals surface area contributed by atoms with Crippen molar-refractivity contribution < 1.29 is 4.79 Å². The first-order valence-corrected chi connectivity index (χ1v) is 7.39. The summed E-state index contributed by atoms with van der Waals surface area (Å²) in [5.74, 6) is -0.0442. The van der Waals surface area contributed by atoms with Gasteiger partial charge in [-0.15, -0.1) is 23.7 Å². The number of hydrogen-bond donors (Lipinski definition) is 2. The second-order valence-corrected chi connectivity index (χ2v) is 5.76. The molecule has 0 saturated carbocycles. The first-order chi connectivity index (χ1) is 9.25. The summed E-state index contributed by atoms with van der Waals surface area (Å²) in [4.78, 5) is 13.7. The fourth-order valence-electron chi connectivity index (χ4n) is 2.48. The Labute approximate surface area is 128 Å². The van der Waals surface area contributed by atoms with Crippen molar-refractivity contribution in [1.82, 2.24) is 0 Å². The summed E-state index contributed by atoms with van der Waals surface area (Å²) in [6, 6.07) is 7.34. The van der Waals surface area contributed by atoms with Crippen LogP contribution in [0, 0.1) is 0 Å². The minimum Gasteiger partial charge on any atom is -0.397 e. The van der Waals surface area contributed by atoms with E-state index in [2.05, 4.69) is 5.32 Å². The van der Waals surface area contributed by atoms with Gasteiger partial charge in [0.25, 0.3) is 5.91 Å². The molecule has 0 radical (unpaired) electrons. The number of fused-ring (bicyclic) bond motifs is 1. The molecular formula is C15H17ClN2OS. The Balaban J connectivity index is 0.00000147. The molecule has 0 bridgehead atoms. The number of nitrogens with two attached hydrogens (primary N) is 1. The van der Waals surface area contributed by atoms with E-state index in [9.17, 15) is 4.79 Å². The van der Waals surface area contributed by atoms with Crippen LogP contribution in [0.25, 0.3) is 0 Å². The predicted molar refractivity (Wildman–Crippen MR) is 87.0 cm³/mol. The Morgan fingerprint density at radius 2 is 1.95 bits per heavy atom. The van der Waals surface area contributed by atoms with Crippen LogP contribution in [0.4, 0.5) is 11.4 Å². The molecule has 2 aromatic rings. The average Bonchev–Trinajstić information content (AvgIpc) is 2.85. The first kappa shape index (κ1) is 14.9. The van der Waals surface area contributed by atoms with Gasteiger partial charge in [0.1, 0.15) is 0 Å². The Morgan fingerprint density at radius 1 is 1.20 bits per heavy atom. The molecule has 1 amide bonds. The first-order valence-electron chi connectivity index (χ1n) is 6.51. The molecule has 3 rings (SSSR count). The molecule has 1 aromatic heterocycles. The quantitative estimate of drug-likeness (QED) is 0.827. The third-order valence-corrected chi connectivity index (χ3v) is 4.60. The molecule has 0 fully saturated rings. The van der Waals surface area contributed by atoms with Gasteiger partial charge in [-0.05, 0) is 43.4 Å². The van der Waals surface area contributed by atoms with E-state index >= 15 is 0 Å². The average molecular weight is 309 g/mol. The van der Waals surface area contributed by atoms with Gasteiger partial charge in [0.05, 0.1) is 16.9 Å². The second kappa shape index (κ2) is 6.29. The van der Waals surface area contributed by atoms with E-state index in [0.29, 0.717) is 11.4 Å². The van der Waals surface area contributed by atoms with E-state index in [1.54, 1.807) is 17.4 Å². The Hall–Kier alpha value is -1.52. The topological polar surface area (TPSA) is 55.1 Å². The highest BCUT2D eigenvalue weighted by atomic mass is 35.5. The molecule has 0 unspecified atom stereocenters. The van der Waals surface area contributed by atoms with Crippen LogP contribution in [0.2, 0.25) is 0 Å². The molecule has 0 saturated heterocycles. The SMILES string of the molecule is Cl.Nc1ccccc1NC(=O)c1csc2c1CCCC2. The van der Waals surface area contributed by atoms with Crippen LogP contribution in [0.15, 0.2) is 29.6 Å². The van der Waals surface area contributed by atoms with Crippen molar-refractivity contribution in [1.29, 1.82) is 0 Å². The number of aryl methyl sites for hydroxylation is 1. The number of carbonyl (C=O) groups is 1. The number of amides is 1. The number of hydrogen-bond acceptors (Lipinski definition) is 3. The van der Waals surface area contributed by atoms with E-state index in [-0.39, 0.29) is 18.3 Å². The monoisotopic (exact) mass is 308 g/mol. The van der Waals surface area contributed by atoms with Gasteiger partial charge in [-0.2, -0.15) is 0 Å². The summed E-state index contributed by atoms with van der Waals surface area (Å²) < 4.78 is 0. The zero-order valence-electron chi connectivity index (χ0n) is 11.0. The van der Waals surface area contributed by atoms with Gasteiger partial charge < -0.3 is 11.1 Å². The van der Waals surface area contributed by atoms with Crippen LogP contribution >= 0.6 is 23.7 Å². The van der Waals surface area contributed by atoms with Gasteiger partial charge in [-0.25, -0.2) is 0 Å². The maximum absolute atomic E-state index is 12.3. The molecule has 1 aliphatic carbocycles. The maximum atomic E-state index is 12.3. The number of thiophene rings is 1. The standard InChI is InChI=1S/C15H16N2OS.ClH/c16-12-6-2-3-7-13(12)17-15(18)11-9-19-14-8-4-1-5-10(11)14;/h2-3,6-7,9H,1,4-5,8,16H2,(H,17,18);1H. The number of para-hydroxylation sites is 2. The molecule has 1 aromatic carbocycles. The van der Waals surface area contributed by atoms with Crippen LogP contribution in [0.3, 0.4) is 0 Å². The van der Waals surface area contributed by atoms with Crippen molar-refractivity contribution in [3.8, 4) is 0 Å². The lowest BCUT2D eigenvalue weighted by Crippen LogP contribution is -2.15. The number of halogens is 1. The highest BCUT2D eigenvalue weighted by molar-refractivity contribution is 7.10. The van der Waals surface area contributed by atoms with Gasteiger partial charge in [-0.3, -0.25) is 4.79 Å². The van der Waals surface area contributed by atoms with E-state index in [1.807, 2.05) is 23.6 Å². The number of nitrogen functional groups attached to an aromatic ring is 1. The lowest BCUT2D eigenvalue weighted by atomic mass is 9.95. The van der Waals surface area contributed by atoms with Crippen molar-refractivity contribution in [2.45, 2.75) is 25.7 Å². The number of rotatable bonds is 2. The third kappa shape index (κ3) is 2.81. The second-order valence-electron chi connectivity index (χ2n) is 4.80. The van der Waals surface area contributed by atoms with Gasteiger partial charge in [-0.1, -0.05) is 12.1 Å². The van der Waals surface area contributed by atoms with E-state index in [4.69, 9.17) is 5.73 Å². The van der Waals surface area contributed by atoms with Gasteiger partial charge in [0, 0.05) is 10.3 Å². The van der Waals surface area contributed by atoms with Crippen LogP contribution in [-0.4, -0.2) is 5.91 Å². The predicted octanol–water partition coefficient (Wildman–Crippen LogP) is 3.88. The fraction of sp³-hybridized carbons (Fsp3) is 0.267. The molecule has 106 valence electrons. The highest BCUT2D eigenvalue weighted by Crippen LogP contribution is 2.31. The van der Waals surface area contributed by atoms with Crippen LogP contribution in [0.1, 0.15) is 33.6 Å². The van der Waals surface area contributed by atoms with E-state index < -0.39 is 0 Å². The van der Waals surface area contributed by atoms with Crippen molar-refractivity contribution in [2.75, 3.05) is 11.1 Å². The minimum atomic E-state index is -0.0442. The summed E-state index contributed by atoms with van der Waals surface area (Å²) >= 11 is 1.70. The summed E-state index contributed by atoms with van der Waals surface area (Å²) in [6.07, 6.45) is 4.55. The highest BCUT2D eigenvalue weighted by Gasteiger charge is 2.20. The van der Waals surface area contributed by atoms with Gasteiger partial charge in [0.15, 0.2) is 0 Å². The Kier molecular flexibility index (Phi) is 4.68. The zero-order chi connectivity index (χ0) is 13.2. The number of nitrogens with one attached hydrogen (secondary N) is 1. The number of benzene rings is 1. The molecule has 3 N–H and O–H groups in total. The van der Waals surface area contributed by atoms with E-state index in [1.165, 1.54) is 23.3 Å². The Bertz CT molecular complexity index is 624. The molecule has 5 heteroatoms. The number of carbonyl (C=O) groups excluding carboxylic acids is 1. The lowest BCUT2D eigenvalue weighted by molar-refractivity contribution is 0.102. The van der Waals surface area contributed by atoms with Crippen molar-refractivity contribution >= 4 is 41.0 Å². The summed E-state index contributed by atoms with van der Waals surface area (Å²) in [5, 5.41) is 4.88. The largest absolute Gasteiger partial charge is 0.397 e. The molecular weight excluding hydrogens is 292 g/mol. The van der Waals surface area contributed by atoms with Crippen molar-refractivity contribution in [3.63, 3.8) is 0 Å². The third-order valence-electron chi connectivity index (χ3n) is 3.51. The maximum Gasteiger partial charge on any atom is 0.256 e. The van der Waals surface area contributed by atoms with E-state index in [0.717, 1.165) is 18.4 Å². The molecule has 1 aliphatic rings. The molecule has 1 heterocycles. The fourth-order valence-corrected chi connectivity index (χ4v) is 3.61. The number of anilines is 2. The van der Waals surface area contributed by atoms with Crippen LogP contribution < -0.4 is 11.1 Å². The summed E-state index contributed by atoms with van der Waals surface area (Å²) in [5.41, 5.74) is 9.19. The molecule has 20 heavy (non-hydrogen) atoms. The smallest absolute Gasteiger partial charge is 0.256 e.